The molecule has 2 heterocycles. The van der Waals surface area contributed by atoms with Gasteiger partial charge in [0.05, 0.1) is 12.8 Å². The first-order valence-corrected chi connectivity index (χ1v) is 9.78. The quantitative estimate of drug-likeness (QED) is 0.857. The monoisotopic (exact) mass is 396 g/mol. The fourth-order valence-corrected chi connectivity index (χ4v) is 3.66. The van der Waals surface area contributed by atoms with Crippen molar-refractivity contribution in [3.63, 3.8) is 0 Å². The van der Waals surface area contributed by atoms with Gasteiger partial charge < -0.3 is 24.4 Å². The van der Waals surface area contributed by atoms with E-state index in [4.69, 9.17) is 14.2 Å². The first kappa shape index (κ1) is 19.1. The largest absolute Gasteiger partial charge is 0.495 e. The normalized spacial score (nSPS) is 20.9. The number of piperidine rings is 1. The lowest BCUT2D eigenvalue weighted by atomic mass is 10.1. The number of nitrogens with zero attached hydrogens (tertiary/aromatic N) is 1. The van der Waals surface area contributed by atoms with Gasteiger partial charge in [-0.15, -0.1) is 0 Å². The molecule has 29 heavy (non-hydrogen) atoms. The van der Waals surface area contributed by atoms with Gasteiger partial charge in [-0.25, -0.2) is 0 Å². The number of anilines is 2. The van der Waals surface area contributed by atoms with Crippen LogP contribution < -0.4 is 24.4 Å². The summed E-state index contributed by atoms with van der Waals surface area (Å²) < 4.78 is 17.1. The SMILES string of the molecule is COc1ccc(NC(=O)C2Oc3ccccc3OC2C)cc1N1CCCCC1=O. The van der Waals surface area contributed by atoms with Crippen LogP contribution in [-0.2, 0) is 9.59 Å². The summed E-state index contributed by atoms with van der Waals surface area (Å²) in [7, 11) is 1.57. The van der Waals surface area contributed by atoms with Gasteiger partial charge in [-0.1, -0.05) is 12.1 Å². The number of amides is 2. The number of ether oxygens (including phenoxy) is 3. The molecule has 0 spiro atoms. The molecule has 0 saturated carbocycles. The topological polar surface area (TPSA) is 77.1 Å². The summed E-state index contributed by atoms with van der Waals surface area (Å²) >= 11 is 0. The molecule has 4 rings (SSSR count). The fourth-order valence-electron chi connectivity index (χ4n) is 3.66. The summed E-state index contributed by atoms with van der Waals surface area (Å²) in [5.74, 6) is 1.51. The average Bonchev–Trinajstić information content (AvgIpc) is 2.73. The zero-order chi connectivity index (χ0) is 20.4. The molecule has 2 unspecified atom stereocenters. The number of benzene rings is 2. The zero-order valence-electron chi connectivity index (χ0n) is 16.5. The number of hydrogen-bond acceptors (Lipinski definition) is 5. The molecule has 2 amide bonds. The van der Waals surface area contributed by atoms with E-state index >= 15 is 0 Å². The Morgan fingerprint density at radius 1 is 1.14 bits per heavy atom. The maximum atomic E-state index is 12.9. The molecular weight excluding hydrogens is 372 g/mol. The molecule has 2 aliphatic rings. The first-order valence-electron chi connectivity index (χ1n) is 9.78. The molecule has 152 valence electrons. The molecule has 2 aromatic rings. The van der Waals surface area contributed by atoms with E-state index in [0.717, 1.165) is 12.8 Å². The Labute approximate surface area is 169 Å². The Morgan fingerprint density at radius 3 is 2.62 bits per heavy atom. The van der Waals surface area contributed by atoms with Gasteiger partial charge in [0.1, 0.15) is 11.9 Å². The Morgan fingerprint density at radius 2 is 1.90 bits per heavy atom. The van der Waals surface area contributed by atoms with Crippen molar-refractivity contribution in [2.24, 2.45) is 0 Å². The highest BCUT2D eigenvalue weighted by molar-refractivity contribution is 5.99. The second-order valence-electron chi connectivity index (χ2n) is 7.19. The third kappa shape index (κ3) is 3.85. The van der Waals surface area contributed by atoms with Gasteiger partial charge in [0.2, 0.25) is 12.0 Å². The highest BCUT2D eigenvalue weighted by atomic mass is 16.6. The number of para-hydroxylation sites is 2. The zero-order valence-corrected chi connectivity index (χ0v) is 16.5. The summed E-state index contributed by atoms with van der Waals surface area (Å²) in [5, 5.41) is 2.88. The van der Waals surface area contributed by atoms with Crippen molar-refractivity contribution in [3.8, 4) is 17.2 Å². The fraction of sp³-hybridized carbons (Fsp3) is 0.364. The second kappa shape index (κ2) is 8.03. The van der Waals surface area contributed by atoms with E-state index in [0.29, 0.717) is 41.6 Å². The third-order valence-electron chi connectivity index (χ3n) is 5.16. The molecule has 7 nitrogen and oxygen atoms in total. The maximum Gasteiger partial charge on any atom is 0.269 e. The molecule has 0 aliphatic carbocycles. The second-order valence-corrected chi connectivity index (χ2v) is 7.19. The molecule has 1 N–H and O–H groups in total. The lowest BCUT2D eigenvalue weighted by Gasteiger charge is -2.31. The Hall–Kier alpha value is -3.22. The van der Waals surface area contributed by atoms with E-state index in [1.54, 1.807) is 43.2 Å². The van der Waals surface area contributed by atoms with Crippen LogP contribution in [0.2, 0.25) is 0 Å². The van der Waals surface area contributed by atoms with Crippen LogP contribution in [-0.4, -0.2) is 37.7 Å². The van der Waals surface area contributed by atoms with Crippen molar-refractivity contribution in [3.05, 3.63) is 42.5 Å². The van der Waals surface area contributed by atoms with Gasteiger partial charge in [-0.2, -0.15) is 0 Å². The molecular formula is C22H24N2O5. The van der Waals surface area contributed by atoms with Crippen LogP contribution in [0.3, 0.4) is 0 Å². The van der Waals surface area contributed by atoms with E-state index in [-0.39, 0.29) is 11.8 Å². The first-order chi connectivity index (χ1) is 14.1. The molecule has 0 radical (unpaired) electrons. The predicted molar refractivity (Wildman–Crippen MR) is 109 cm³/mol. The van der Waals surface area contributed by atoms with Crippen molar-refractivity contribution in [2.75, 3.05) is 23.9 Å². The molecule has 7 heteroatoms. The summed E-state index contributed by atoms with van der Waals surface area (Å²) in [6.45, 7) is 2.44. The summed E-state index contributed by atoms with van der Waals surface area (Å²) in [6.07, 6.45) is 1.13. The molecule has 0 bridgehead atoms. The minimum absolute atomic E-state index is 0.0623. The van der Waals surface area contributed by atoms with Crippen LogP contribution >= 0.6 is 0 Å². The number of nitrogens with one attached hydrogen (secondary N) is 1. The van der Waals surface area contributed by atoms with E-state index in [1.807, 2.05) is 18.2 Å². The molecule has 1 fully saturated rings. The van der Waals surface area contributed by atoms with E-state index in [1.165, 1.54) is 0 Å². The van der Waals surface area contributed by atoms with Gasteiger partial charge in [-0.3, -0.25) is 9.59 Å². The van der Waals surface area contributed by atoms with E-state index in [9.17, 15) is 9.59 Å². The number of hydrogen-bond donors (Lipinski definition) is 1. The van der Waals surface area contributed by atoms with Gasteiger partial charge in [0.25, 0.3) is 5.91 Å². The van der Waals surface area contributed by atoms with Crippen molar-refractivity contribution in [1.29, 1.82) is 0 Å². The summed E-state index contributed by atoms with van der Waals surface area (Å²) in [5.41, 5.74) is 1.23. The molecule has 2 aromatic carbocycles. The van der Waals surface area contributed by atoms with Crippen LogP contribution in [0, 0.1) is 0 Å². The molecule has 0 aromatic heterocycles. The lowest BCUT2D eigenvalue weighted by molar-refractivity contribution is -0.128. The standard InChI is InChI=1S/C22H24N2O5/c1-14-21(29-19-8-4-3-7-18(19)28-14)22(26)23-15-10-11-17(27-2)16(13-15)24-12-6-5-9-20(24)25/h3-4,7-8,10-11,13-14,21H,5-6,9,12H2,1-2H3,(H,23,26). The van der Waals surface area contributed by atoms with Gasteiger partial charge in [0.15, 0.2) is 11.5 Å². The Bertz CT molecular complexity index is 929. The van der Waals surface area contributed by atoms with Crippen molar-refractivity contribution in [2.45, 2.75) is 38.4 Å². The van der Waals surface area contributed by atoms with Crippen LogP contribution in [0.4, 0.5) is 11.4 Å². The minimum atomic E-state index is -0.785. The smallest absolute Gasteiger partial charge is 0.269 e. The highest BCUT2D eigenvalue weighted by Gasteiger charge is 2.34. The van der Waals surface area contributed by atoms with E-state index in [2.05, 4.69) is 5.32 Å². The number of rotatable bonds is 4. The Balaban J connectivity index is 1.54. The number of fused-ring (bicyclic) bond motifs is 1. The highest BCUT2D eigenvalue weighted by Crippen LogP contribution is 2.35. The van der Waals surface area contributed by atoms with Gasteiger partial charge in [0, 0.05) is 18.7 Å². The molecule has 1 saturated heterocycles. The van der Waals surface area contributed by atoms with Crippen molar-refractivity contribution >= 4 is 23.2 Å². The van der Waals surface area contributed by atoms with Crippen LogP contribution in [0.5, 0.6) is 17.2 Å². The Kier molecular flexibility index (Phi) is 5.29. The van der Waals surface area contributed by atoms with Gasteiger partial charge >= 0.3 is 0 Å². The van der Waals surface area contributed by atoms with Crippen LogP contribution in [0.15, 0.2) is 42.5 Å². The number of carbonyl (C=O) groups is 2. The number of carbonyl (C=O) groups excluding carboxylic acids is 2. The third-order valence-corrected chi connectivity index (χ3v) is 5.16. The van der Waals surface area contributed by atoms with E-state index < -0.39 is 12.2 Å². The van der Waals surface area contributed by atoms with Crippen LogP contribution in [0.25, 0.3) is 0 Å². The molecule has 2 aliphatic heterocycles. The van der Waals surface area contributed by atoms with Gasteiger partial charge in [-0.05, 0) is 50.1 Å². The lowest BCUT2D eigenvalue weighted by Crippen LogP contribution is -2.46. The van der Waals surface area contributed by atoms with Crippen LogP contribution in [0.1, 0.15) is 26.2 Å². The molecule has 2 atom stereocenters. The average molecular weight is 396 g/mol. The van der Waals surface area contributed by atoms with Crippen molar-refractivity contribution in [1.82, 2.24) is 0 Å². The predicted octanol–water partition coefficient (Wildman–Crippen LogP) is 3.38. The maximum absolute atomic E-state index is 12.9. The summed E-state index contributed by atoms with van der Waals surface area (Å²) in [4.78, 5) is 26.9. The van der Waals surface area contributed by atoms with Crippen molar-refractivity contribution < 1.29 is 23.8 Å². The number of methoxy groups -OCH3 is 1. The summed E-state index contributed by atoms with van der Waals surface area (Å²) in [6, 6.07) is 12.5. The minimum Gasteiger partial charge on any atom is -0.495 e.